The Morgan fingerprint density at radius 1 is 1.06 bits per heavy atom. The van der Waals surface area contributed by atoms with E-state index in [0.29, 0.717) is 12.1 Å². The maximum absolute atomic E-state index is 13.4. The molecule has 31 heavy (non-hydrogen) atoms. The van der Waals surface area contributed by atoms with Gasteiger partial charge in [-0.25, -0.2) is 4.68 Å². The first kappa shape index (κ1) is 20.4. The summed E-state index contributed by atoms with van der Waals surface area (Å²) >= 11 is 0. The number of nitrogens with zero attached hydrogens (tertiary/aromatic N) is 5. The van der Waals surface area contributed by atoms with Crippen LogP contribution in [0.5, 0.6) is 0 Å². The lowest BCUT2D eigenvalue weighted by atomic mass is 9.95. The van der Waals surface area contributed by atoms with Crippen LogP contribution in [-0.4, -0.2) is 42.7 Å². The highest BCUT2D eigenvalue weighted by Gasteiger charge is 2.36. The Morgan fingerprint density at radius 2 is 1.84 bits per heavy atom. The van der Waals surface area contributed by atoms with Crippen molar-refractivity contribution in [3.05, 3.63) is 51.1 Å². The van der Waals surface area contributed by atoms with E-state index in [2.05, 4.69) is 64.4 Å². The molecule has 2 aromatic heterocycles. The van der Waals surface area contributed by atoms with E-state index in [0.717, 1.165) is 60.1 Å². The van der Waals surface area contributed by atoms with Gasteiger partial charge in [0.1, 0.15) is 6.04 Å². The Bertz CT molecular complexity index is 1140. The molecule has 164 valence electrons. The van der Waals surface area contributed by atoms with E-state index in [-0.39, 0.29) is 11.6 Å². The van der Waals surface area contributed by atoms with Crippen LogP contribution >= 0.6 is 0 Å². The zero-order valence-corrected chi connectivity index (χ0v) is 18.8. The van der Waals surface area contributed by atoms with Crippen LogP contribution < -0.4 is 5.56 Å². The molecule has 5 rings (SSSR count). The highest BCUT2D eigenvalue weighted by atomic mass is 16.1. The van der Waals surface area contributed by atoms with E-state index in [1.165, 1.54) is 24.8 Å². The number of nitrogens with one attached hydrogen (secondary N) is 1. The number of pyridine rings is 1. The molecule has 2 fully saturated rings. The Balaban J connectivity index is 1.69. The van der Waals surface area contributed by atoms with Crippen LogP contribution in [0.4, 0.5) is 0 Å². The van der Waals surface area contributed by atoms with Crippen molar-refractivity contribution in [2.24, 2.45) is 0 Å². The van der Waals surface area contributed by atoms with E-state index >= 15 is 0 Å². The van der Waals surface area contributed by atoms with Gasteiger partial charge in [0.15, 0.2) is 5.82 Å². The van der Waals surface area contributed by atoms with Crippen LogP contribution in [-0.2, 0) is 0 Å². The van der Waals surface area contributed by atoms with Crippen LogP contribution in [0.3, 0.4) is 0 Å². The number of benzene rings is 1. The molecule has 3 aromatic rings. The molecular weight excluding hydrogens is 388 g/mol. The summed E-state index contributed by atoms with van der Waals surface area (Å²) in [5.74, 6) is 0.815. The predicted molar refractivity (Wildman–Crippen MR) is 121 cm³/mol. The number of fused-ring (bicyclic) bond motifs is 1. The summed E-state index contributed by atoms with van der Waals surface area (Å²) in [6.45, 7) is 7.39. The van der Waals surface area contributed by atoms with Gasteiger partial charge in [0.2, 0.25) is 0 Å². The Hall–Kier alpha value is -2.54. The second-order valence-electron chi connectivity index (χ2n) is 9.50. The molecule has 0 bridgehead atoms. The SMILES string of the molecule is Cc1cc(C)c2cc([C@@H](c3nnnn3C3CCCC3)N3CCCC[C@H]3C)c(=O)[nH]c2c1. The standard InChI is InChI=1S/C24H32N6O/c1-15-12-16(2)19-14-20(24(31)25-21(19)13-15)22(29-11-7-6-8-17(29)3)23-26-27-28-30(23)18-9-4-5-10-18/h12-14,17-18,22H,4-11H2,1-3H3,(H,25,31)/t17-,22+/m1/s1. The predicted octanol–water partition coefficient (Wildman–Crippen LogP) is 4.21. The second kappa shape index (κ2) is 8.19. The fourth-order valence-electron chi connectivity index (χ4n) is 5.65. The fourth-order valence-corrected chi connectivity index (χ4v) is 5.65. The van der Waals surface area contributed by atoms with Gasteiger partial charge in [-0.1, -0.05) is 25.3 Å². The summed E-state index contributed by atoms with van der Waals surface area (Å²) < 4.78 is 2.02. The van der Waals surface area contributed by atoms with E-state index < -0.39 is 0 Å². The van der Waals surface area contributed by atoms with Crippen LogP contribution in [0, 0.1) is 13.8 Å². The number of hydrogen-bond donors (Lipinski definition) is 1. The van der Waals surface area contributed by atoms with Gasteiger partial charge >= 0.3 is 0 Å². The van der Waals surface area contributed by atoms with Gasteiger partial charge in [0, 0.05) is 22.5 Å². The van der Waals surface area contributed by atoms with Crippen molar-refractivity contribution < 1.29 is 0 Å². The van der Waals surface area contributed by atoms with Crippen LogP contribution in [0.15, 0.2) is 23.0 Å². The number of hydrogen-bond acceptors (Lipinski definition) is 5. The largest absolute Gasteiger partial charge is 0.322 e. The van der Waals surface area contributed by atoms with Crippen molar-refractivity contribution in [2.45, 2.75) is 83.8 Å². The average Bonchev–Trinajstić information content (AvgIpc) is 3.42. The van der Waals surface area contributed by atoms with E-state index in [9.17, 15) is 4.79 Å². The van der Waals surface area contributed by atoms with Crippen molar-refractivity contribution in [3.8, 4) is 0 Å². The van der Waals surface area contributed by atoms with Crippen molar-refractivity contribution in [3.63, 3.8) is 0 Å². The Labute approximate surface area is 182 Å². The van der Waals surface area contributed by atoms with Gasteiger partial charge in [-0.05, 0) is 86.7 Å². The maximum Gasteiger partial charge on any atom is 0.253 e. The average molecular weight is 421 g/mol. The minimum Gasteiger partial charge on any atom is -0.322 e. The summed E-state index contributed by atoms with van der Waals surface area (Å²) in [5, 5.41) is 14.1. The Kier molecular flexibility index (Phi) is 5.38. The quantitative estimate of drug-likeness (QED) is 0.684. The van der Waals surface area contributed by atoms with Crippen LogP contribution in [0.25, 0.3) is 10.9 Å². The number of aromatic nitrogens is 5. The maximum atomic E-state index is 13.4. The van der Waals surface area contributed by atoms with E-state index in [1.54, 1.807) is 0 Å². The second-order valence-corrected chi connectivity index (χ2v) is 9.50. The molecule has 1 saturated heterocycles. The van der Waals surface area contributed by atoms with Crippen molar-refractivity contribution in [1.29, 1.82) is 0 Å². The van der Waals surface area contributed by atoms with Gasteiger partial charge in [0.05, 0.1) is 6.04 Å². The van der Waals surface area contributed by atoms with Crippen LogP contribution in [0.1, 0.15) is 86.5 Å². The first-order valence-corrected chi connectivity index (χ1v) is 11.7. The van der Waals surface area contributed by atoms with E-state index in [1.807, 2.05) is 4.68 Å². The summed E-state index contributed by atoms with van der Waals surface area (Å²) in [6.07, 6.45) is 8.12. The molecule has 1 saturated carbocycles. The number of piperidine rings is 1. The number of rotatable bonds is 4. The van der Waals surface area contributed by atoms with E-state index in [4.69, 9.17) is 0 Å². The molecule has 1 N–H and O–H groups in total. The Morgan fingerprint density at radius 3 is 2.61 bits per heavy atom. The summed E-state index contributed by atoms with van der Waals surface area (Å²) in [7, 11) is 0. The lowest BCUT2D eigenvalue weighted by molar-refractivity contribution is 0.115. The minimum atomic E-state index is -0.236. The summed E-state index contributed by atoms with van der Waals surface area (Å²) in [4.78, 5) is 19.0. The topological polar surface area (TPSA) is 79.7 Å². The van der Waals surface area contributed by atoms with Crippen LogP contribution in [0.2, 0.25) is 0 Å². The fraction of sp³-hybridized carbons (Fsp3) is 0.583. The van der Waals surface area contributed by atoms with Crippen molar-refractivity contribution in [2.75, 3.05) is 6.54 Å². The first-order valence-electron chi connectivity index (χ1n) is 11.7. The highest BCUT2D eigenvalue weighted by molar-refractivity contribution is 5.83. The molecule has 2 atom stereocenters. The van der Waals surface area contributed by atoms with Crippen molar-refractivity contribution >= 4 is 10.9 Å². The number of likely N-dealkylation sites (tertiary alicyclic amines) is 1. The molecule has 1 aromatic carbocycles. The minimum absolute atomic E-state index is 0.0405. The number of H-pyrrole nitrogens is 1. The third-order valence-corrected chi connectivity index (χ3v) is 7.26. The normalized spacial score (nSPS) is 21.7. The zero-order chi connectivity index (χ0) is 21.5. The zero-order valence-electron chi connectivity index (χ0n) is 18.8. The van der Waals surface area contributed by atoms with Gasteiger partial charge in [-0.3, -0.25) is 9.69 Å². The monoisotopic (exact) mass is 420 g/mol. The van der Waals surface area contributed by atoms with Gasteiger partial charge < -0.3 is 4.98 Å². The molecule has 2 aliphatic rings. The highest BCUT2D eigenvalue weighted by Crippen LogP contribution is 2.36. The molecule has 7 heteroatoms. The van der Waals surface area contributed by atoms with Gasteiger partial charge in [-0.15, -0.1) is 5.10 Å². The lowest BCUT2D eigenvalue weighted by Gasteiger charge is -2.39. The third kappa shape index (κ3) is 3.69. The summed E-state index contributed by atoms with van der Waals surface area (Å²) in [5.41, 5.74) is 3.93. The molecule has 7 nitrogen and oxygen atoms in total. The number of tetrazole rings is 1. The van der Waals surface area contributed by atoms with Crippen molar-refractivity contribution in [1.82, 2.24) is 30.1 Å². The molecule has 1 aliphatic carbocycles. The van der Waals surface area contributed by atoms with Gasteiger partial charge in [-0.2, -0.15) is 0 Å². The number of aromatic amines is 1. The first-order chi connectivity index (χ1) is 15.0. The summed E-state index contributed by atoms with van der Waals surface area (Å²) in [6, 6.07) is 6.78. The van der Waals surface area contributed by atoms with Gasteiger partial charge in [0.25, 0.3) is 5.56 Å². The third-order valence-electron chi connectivity index (χ3n) is 7.26. The molecule has 1 aliphatic heterocycles. The molecule has 0 unspecified atom stereocenters. The molecule has 0 radical (unpaired) electrons. The smallest absolute Gasteiger partial charge is 0.253 e. The molecular formula is C24H32N6O. The lowest BCUT2D eigenvalue weighted by Crippen LogP contribution is -2.43. The number of aryl methyl sites for hydroxylation is 2. The molecule has 0 spiro atoms. The molecule has 3 heterocycles. The molecule has 0 amide bonds.